The van der Waals surface area contributed by atoms with E-state index in [1.165, 1.54) is 0 Å². The second-order valence-corrected chi connectivity index (χ2v) is 5.04. The van der Waals surface area contributed by atoms with E-state index >= 15 is 0 Å². The van der Waals surface area contributed by atoms with Crippen molar-refractivity contribution in [2.75, 3.05) is 26.7 Å². The van der Waals surface area contributed by atoms with Crippen LogP contribution < -0.4 is 15.4 Å². The number of nitrogens with one attached hydrogen (secondary N) is 2. The molecule has 0 atom stereocenters. The molecule has 0 amide bonds. The number of aromatic nitrogens is 1. The van der Waals surface area contributed by atoms with E-state index in [0.717, 1.165) is 25.5 Å². The molecule has 138 valence electrons. The fraction of sp³-hybridized carbons (Fsp3) is 0.571. The molecule has 0 bridgehead atoms. The van der Waals surface area contributed by atoms with Gasteiger partial charge in [-0.05, 0) is 12.5 Å². The maximum atomic E-state index is 12.5. The average molecular weight is 481 g/mol. The summed E-state index contributed by atoms with van der Waals surface area (Å²) in [6.45, 7) is 3.49. The van der Waals surface area contributed by atoms with Crippen molar-refractivity contribution in [1.29, 1.82) is 0 Å². The molecule has 2 N–H and O–H groups in total. The molecule has 0 aliphatic heterocycles. The van der Waals surface area contributed by atoms with E-state index in [1.54, 1.807) is 7.05 Å². The lowest BCUT2D eigenvalue weighted by Gasteiger charge is -2.13. The molecule has 24 heavy (non-hydrogen) atoms. The summed E-state index contributed by atoms with van der Waals surface area (Å²) < 4.78 is 42.7. The van der Waals surface area contributed by atoms with E-state index in [2.05, 4.69) is 27.5 Å². The van der Waals surface area contributed by atoms with Gasteiger partial charge < -0.3 is 15.4 Å². The van der Waals surface area contributed by atoms with Gasteiger partial charge in [0, 0.05) is 19.8 Å². The molecular formula is C14H21ClF3IN4O. The highest BCUT2D eigenvalue weighted by atomic mass is 127. The highest BCUT2D eigenvalue weighted by Gasteiger charge is 2.31. The fourth-order valence-corrected chi connectivity index (χ4v) is 1.83. The topological polar surface area (TPSA) is 58.5 Å². The van der Waals surface area contributed by atoms with Crippen LogP contribution in [0.5, 0.6) is 5.88 Å². The average Bonchev–Trinajstić information content (AvgIpc) is 2.50. The first-order valence-corrected chi connectivity index (χ1v) is 7.56. The number of rotatable bonds is 7. The molecule has 0 saturated heterocycles. The quantitative estimate of drug-likeness (QED) is 0.270. The first kappa shape index (κ1) is 23.0. The normalized spacial score (nSPS) is 11.7. The Balaban J connectivity index is 0.00000529. The highest BCUT2D eigenvalue weighted by molar-refractivity contribution is 14.0. The smallest absolute Gasteiger partial charge is 0.417 e. The Bertz CT molecular complexity index is 529. The third kappa shape index (κ3) is 8.22. The molecule has 1 aromatic rings. The van der Waals surface area contributed by atoms with Crippen molar-refractivity contribution in [2.24, 2.45) is 4.99 Å². The molecule has 0 aliphatic rings. The van der Waals surface area contributed by atoms with Crippen LogP contribution in [0.15, 0.2) is 17.3 Å². The maximum absolute atomic E-state index is 12.5. The van der Waals surface area contributed by atoms with Crippen LogP contribution in [-0.2, 0) is 6.18 Å². The number of nitrogens with zero attached hydrogens (tertiary/aromatic N) is 2. The monoisotopic (exact) mass is 480 g/mol. The van der Waals surface area contributed by atoms with Gasteiger partial charge in [0.05, 0.1) is 12.1 Å². The Hall–Kier alpha value is -0.970. The van der Waals surface area contributed by atoms with Crippen LogP contribution in [0.25, 0.3) is 0 Å². The van der Waals surface area contributed by atoms with Gasteiger partial charge in [-0.2, -0.15) is 13.2 Å². The van der Waals surface area contributed by atoms with Crippen LogP contribution in [0.4, 0.5) is 13.2 Å². The SMILES string of the molecule is CCCCNC(=NC)NCCOc1ncc(C(F)(F)F)cc1Cl.I. The van der Waals surface area contributed by atoms with Gasteiger partial charge in [0.2, 0.25) is 5.88 Å². The number of halogens is 5. The molecular weight excluding hydrogens is 460 g/mol. The van der Waals surface area contributed by atoms with Crippen molar-refractivity contribution in [1.82, 2.24) is 15.6 Å². The molecule has 1 aromatic heterocycles. The zero-order valence-corrected chi connectivity index (χ0v) is 16.5. The van der Waals surface area contributed by atoms with Gasteiger partial charge in [-0.15, -0.1) is 24.0 Å². The minimum atomic E-state index is -4.48. The number of aliphatic imine (C=N–C) groups is 1. The van der Waals surface area contributed by atoms with Crippen molar-refractivity contribution in [3.05, 3.63) is 22.8 Å². The Morgan fingerprint density at radius 2 is 2.00 bits per heavy atom. The molecule has 0 fully saturated rings. The van der Waals surface area contributed by atoms with E-state index in [9.17, 15) is 13.2 Å². The van der Waals surface area contributed by atoms with Gasteiger partial charge in [-0.1, -0.05) is 24.9 Å². The Labute approximate surface area is 161 Å². The van der Waals surface area contributed by atoms with Crippen LogP contribution >= 0.6 is 35.6 Å². The van der Waals surface area contributed by atoms with Crippen LogP contribution in [-0.4, -0.2) is 37.7 Å². The lowest BCUT2D eigenvalue weighted by molar-refractivity contribution is -0.137. The predicted octanol–water partition coefficient (Wildman–Crippen LogP) is 3.72. The van der Waals surface area contributed by atoms with E-state index < -0.39 is 11.7 Å². The van der Waals surface area contributed by atoms with Gasteiger partial charge in [-0.25, -0.2) is 4.98 Å². The summed E-state index contributed by atoms with van der Waals surface area (Å²) in [7, 11) is 1.65. The van der Waals surface area contributed by atoms with Gasteiger partial charge in [-0.3, -0.25) is 4.99 Å². The standard InChI is InChI=1S/C14H20ClF3N4O.HI/c1-3-4-5-20-13(19-2)21-6-7-23-12-11(15)8-10(9-22-12)14(16,17)18;/h8-9H,3-7H2,1-2H3,(H2,19,20,21);1H. The molecule has 1 heterocycles. The predicted molar refractivity (Wildman–Crippen MR) is 99.4 cm³/mol. The number of pyridine rings is 1. The molecule has 0 radical (unpaired) electrons. The summed E-state index contributed by atoms with van der Waals surface area (Å²) in [5.41, 5.74) is -0.909. The van der Waals surface area contributed by atoms with Crippen molar-refractivity contribution >= 4 is 41.5 Å². The van der Waals surface area contributed by atoms with E-state index in [-0.39, 0.29) is 41.5 Å². The van der Waals surface area contributed by atoms with Crippen molar-refractivity contribution in [3.63, 3.8) is 0 Å². The number of unbranched alkanes of at least 4 members (excludes halogenated alkanes) is 1. The fourth-order valence-electron chi connectivity index (χ4n) is 1.61. The lowest BCUT2D eigenvalue weighted by Crippen LogP contribution is -2.39. The number of alkyl halides is 3. The van der Waals surface area contributed by atoms with Crippen molar-refractivity contribution in [2.45, 2.75) is 25.9 Å². The molecule has 10 heteroatoms. The summed E-state index contributed by atoms with van der Waals surface area (Å²) >= 11 is 5.74. The first-order valence-electron chi connectivity index (χ1n) is 7.18. The Morgan fingerprint density at radius 3 is 2.54 bits per heavy atom. The van der Waals surface area contributed by atoms with E-state index in [0.29, 0.717) is 18.7 Å². The number of hydrogen-bond acceptors (Lipinski definition) is 3. The number of guanidine groups is 1. The highest BCUT2D eigenvalue weighted by Crippen LogP contribution is 2.32. The minimum Gasteiger partial charge on any atom is -0.475 e. The van der Waals surface area contributed by atoms with Crippen LogP contribution in [0.3, 0.4) is 0 Å². The Kier molecular flexibility index (Phi) is 11.1. The van der Waals surface area contributed by atoms with Gasteiger partial charge in [0.15, 0.2) is 5.96 Å². The lowest BCUT2D eigenvalue weighted by atomic mass is 10.3. The molecule has 1 rings (SSSR count). The second kappa shape index (κ2) is 11.6. The van der Waals surface area contributed by atoms with E-state index in [4.69, 9.17) is 16.3 Å². The molecule has 0 spiro atoms. The zero-order chi connectivity index (χ0) is 17.3. The van der Waals surface area contributed by atoms with Crippen LogP contribution in [0.2, 0.25) is 5.02 Å². The third-order valence-electron chi connectivity index (χ3n) is 2.81. The minimum absolute atomic E-state index is 0. The second-order valence-electron chi connectivity index (χ2n) is 4.64. The maximum Gasteiger partial charge on any atom is 0.417 e. The molecule has 0 aromatic carbocycles. The molecule has 0 unspecified atom stereocenters. The number of ether oxygens (including phenoxy) is 1. The van der Waals surface area contributed by atoms with Gasteiger partial charge >= 0.3 is 6.18 Å². The largest absolute Gasteiger partial charge is 0.475 e. The summed E-state index contributed by atoms with van der Waals surface area (Å²) in [5, 5.41) is 5.96. The summed E-state index contributed by atoms with van der Waals surface area (Å²) in [4.78, 5) is 7.63. The molecule has 0 aliphatic carbocycles. The van der Waals surface area contributed by atoms with E-state index in [1.807, 2.05) is 0 Å². The molecule has 0 saturated carbocycles. The number of hydrogen-bond donors (Lipinski definition) is 2. The van der Waals surface area contributed by atoms with Gasteiger partial charge in [0.25, 0.3) is 0 Å². The Morgan fingerprint density at radius 1 is 1.33 bits per heavy atom. The summed E-state index contributed by atoms with van der Waals surface area (Å²) in [5.74, 6) is 0.601. The summed E-state index contributed by atoms with van der Waals surface area (Å²) in [6.07, 6.45) is -1.68. The summed E-state index contributed by atoms with van der Waals surface area (Å²) in [6, 6.07) is 0.794. The third-order valence-corrected chi connectivity index (χ3v) is 3.09. The van der Waals surface area contributed by atoms with Gasteiger partial charge in [0.1, 0.15) is 11.6 Å². The van der Waals surface area contributed by atoms with Crippen LogP contribution in [0.1, 0.15) is 25.3 Å². The first-order chi connectivity index (χ1) is 10.9. The molecule has 5 nitrogen and oxygen atoms in total. The zero-order valence-electron chi connectivity index (χ0n) is 13.4. The van der Waals surface area contributed by atoms with Crippen molar-refractivity contribution < 1.29 is 17.9 Å². The van der Waals surface area contributed by atoms with Crippen LogP contribution in [0, 0.1) is 0 Å². The van der Waals surface area contributed by atoms with Crippen molar-refractivity contribution in [3.8, 4) is 5.88 Å².